The van der Waals surface area contributed by atoms with Gasteiger partial charge in [-0.05, 0) is 31.9 Å². The highest BCUT2D eigenvalue weighted by molar-refractivity contribution is 6.09. The monoisotopic (exact) mass is 371 g/mol. The number of hydrogen-bond acceptors (Lipinski definition) is 5. The molecule has 0 aliphatic carbocycles. The summed E-state index contributed by atoms with van der Waals surface area (Å²) >= 11 is 0. The second kappa shape index (κ2) is 12.5. The first-order valence-corrected chi connectivity index (χ1v) is 9.50. The normalized spacial score (nSPS) is 10.8. The van der Waals surface area contributed by atoms with Crippen molar-refractivity contribution >= 4 is 17.6 Å². The molecule has 0 heterocycles. The summed E-state index contributed by atoms with van der Waals surface area (Å²) in [6.45, 7) is 7.77. The van der Waals surface area contributed by atoms with E-state index in [0.29, 0.717) is 5.69 Å². The molecule has 0 aliphatic heterocycles. The van der Waals surface area contributed by atoms with Gasteiger partial charge in [-0.1, -0.05) is 38.8 Å². The van der Waals surface area contributed by atoms with Gasteiger partial charge in [0.15, 0.2) is 0 Å². The van der Waals surface area contributed by atoms with E-state index >= 15 is 0 Å². The molecule has 146 valence electrons. The Bertz CT molecular complexity index is 684. The molecule has 0 radical (unpaired) electrons. The minimum atomic E-state index is -0.535. The van der Waals surface area contributed by atoms with Crippen molar-refractivity contribution in [3.63, 3.8) is 0 Å². The van der Waals surface area contributed by atoms with Gasteiger partial charge in [0.2, 0.25) is 0 Å². The number of benzene rings is 1. The van der Waals surface area contributed by atoms with Gasteiger partial charge < -0.3 is 15.0 Å². The Balaban J connectivity index is 2.98. The van der Waals surface area contributed by atoms with Crippen LogP contribution in [0.4, 0.5) is 5.69 Å². The minimum absolute atomic E-state index is 0.0147. The molecule has 0 aromatic heterocycles. The molecule has 6 heteroatoms. The quantitative estimate of drug-likeness (QED) is 0.359. The molecule has 0 fully saturated rings. The lowest BCUT2D eigenvalue weighted by Crippen LogP contribution is -2.24. The van der Waals surface area contributed by atoms with Crippen LogP contribution in [0.15, 0.2) is 36.0 Å². The van der Waals surface area contributed by atoms with E-state index in [1.165, 1.54) is 0 Å². The highest BCUT2D eigenvalue weighted by Gasteiger charge is 2.17. The molecule has 1 rings (SSSR count). The first-order valence-electron chi connectivity index (χ1n) is 9.50. The van der Waals surface area contributed by atoms with Crippen LogP contribution in [0.5, 0.6) is 0 Å². The topological polar surface area (TPSA) is 82.4 Å². The van der Waals surface area contributed by atoms with E-state index in [9.17, 15) is 14.9 Å². The number of carbonyl (C=O) groups excluding carboxylic acids is 2. The molecule has 1 aromatic rings. The van der Waals surface area contributed by atoms with Gasteiger partial charge in [-0.3, -0.25) is 4.79 Å². The summed E-state index contributed by atoms with van der Waals surface area (Å²) < 4.78 is 5.01. The predicted molar refractivity (Wildman–Crippen MR) is 106 cm³/mol. The number of nitriles is 1. The van der Waals surface area contributed by atoms with Gasteiger partial charge in [-0.2, -0.15) is 5.26 Å². The number of nitrogens with one attached hydrogen (secondary N) is 1. The number of amides is 1. The fourth-order valence-electron chi connectivity index (χ4n) is 2.45. The average Bonchev–Trinajstić information content (AvgIpc) is 2.67. The van der Waals surface area contributed by atoms with Crippen molar-refractivity contribution in [2.24, 2.45) is 0 Å². The molecule has 1 N–H and O–H groups in total. The number of unbranched alkanes of at least 4 members (excludes halogenated alkanes) is 2. The lowest BCUT2D eigenvalue weighted by Gasteiger charge is -2.20. The van der Waals surface area contributed by atoms with E-state index in [-0.39, 0.29) is 17.7 Å². The number of esters is 1. The van der Waals surface area contributed by atoms with Crippen LogP contribution in [0.2, 0.25) is 0 Å². The van der Waals surface area contributed by atoms with Crippen LogP contribution in [-0.2, 0) is 9.53 Å². The van der Waals surface area contributed by atoms with Crippen LogP contribution >= 0.6 is 0 Å². The van der Waals surface area contributed by atoms with Crippen molar-refractivity contribution in [1.82, 2.24) is 4.90 Å². The Hall–Kier alpha value is -2.81. The second-order valence-corrected chi connectivity index (χ2v) is 6.12. The van der Waals surface area contributed by atoms with Crippen molar-refractivity contribution in [2.75, 3.05) is 25.0 Å². The number of anilines is 1. The summed E-state index contributed by atoms with van der Waals surface area (Å²) in [5, 5.41) is 12.1. The zero-order valence-electron chi connectivity index (χ0n) is 16.5. The lowest BCUT2D eigenvalue weighted by atomic mass is 10.1. The number of para-hydroxylation sites is 1. The molecule has 0 aliphatic rings. The molecule has 0 unspecified atom stereocenters. The van der Waals surface area contributed by atoms with E-state index < -0.39 is 11.9 Å². The molecule has 0 bridgehead atoms. The zero-order chi connectivity index (χ0) is 20.1. The van der Waals surface area contributed by atoms with Crippen LogP contribution in [0.1, 0.15) is 56.8 Å². The van der Waals surface area contributed by atoms with Gasteiger partial charge in [0.05, 0.1) is 17.9 Å². The number of nitrogens with zero attached hydrogens (tertiary/aromatic N) is 2. The molecule has 0 spiro atoms. The fraction of sp³-hybridized carbons (Fsp3) is 0.476. The van der Waals surface area contributed by atoms with Crippen LogP contribution in [0.25, 0.3) is 0 Å². The zero-order valence-corrected chi connectivity index (χ0v) is 16.5. The Morgan fingerprint density at radius 3 is 2.33 bits per heavy atom. The van der Waals surface area contributed by atoms with Gasteiger partial charge in [0.25, 0.3) is 5.91 Å². The minimum Gasteiger partial charge on any atom is -0.462 e. The van der Waals surface area contributed by atoms with E-state index in [4.69, 9.17) is 4.74 Å². The Morgan fingerprint density at radius 2 is 1.78 bits per heavy atom. The number of rotatable bonds is 11. The summed E-state index contributed by atoms with van der Waals surface area (Å²) in [5.74, 6) is -1.05. The van der Waals surface area contributed by atoms with E-state index in [2.05, 4.69) is 19.2 Å². The molecule has 0 saturated carbocycles. The van der Waals surface area contributed by atoms with Crippen molar-refractivity contribution in [3.8, 4) is 6.07 Å². The van der Waals surface area contributed by atoms with Gasteiger partial charge >= 0.3 is 5.97 Å². The standard InChI is InChI=1S/C21H29N3O3/c1-4-7-13-24(14-8-5-2)16-17(15-22)20(25)23-19-12-10-9-11-18(19)21(26)27-6-3/h9-12,16H,4-8,13-14H2,1-3H3,(H,23,25)/b17-16-. The SMILES string of the molecule is CCCCN(/C=C(/C#N)C(=O)Nc1ccccc1C(=O)OCC)CCCC. The smallest absolute Gasteiger partial charge is 0.340 e. The molecular formula is C21H29N3O3. The number of hydrogen-bond donors (Lipinski definition) is 1. The van der Waals surface area contributed by atoms with Crippen molar-refractivity contribution in [2.45, 2.75) is 46.5 Å². The van der Waals surface area contributed by atoms with Gasteiger partial charge in [-0.15, -0.1) is 0 Å². The maximum Gasteiger partial charge on any atom is 0.340 e. The van der Waals surface area contributed by atoms with E-state index in [0.717, 1.165) is 38.8 Å². The maximum atomic E-state index is 12.6. The summed E-state index contributed by atoms with van der Waals surface area (Å²) in [6, 6.07) is 8.57. The largest absolute Gasteiger partial charge is 0.462 e. The summed E-state index contributed by atoms with van der Waals surface area (Å²) in [4.78, 5) is 26.6. The summed E-state index contributed by atoms with van der Waals surface area (Å²) in [5.41, 5.74) is 0.607. The average molecular weight is 371 g/mol. The molecule has 27 heavy (non-hydrogen) atoms. The van der Waals surface area contributed by atoms with Crippen LogP contribution in [0, 0.1) is 11.3 Å². The fourth-order valence-corrected chi connectivity index (χ4v) is 2.45. The maximum absolute atomic E-state index is 12.6. The van der Waals surface area contributed by atoms with Crippen LogP contribution in [0.3, 0.4) is 0 Å². The second-order valence-electron chi connectivity index (χ2n) is 6.12. The van der Waals surface area contributed by atoms with Crippen molar-refractivity contribution < 1.29 is 14.3 Å². The first kappa shape index (κ1) is 22.2. The predicted octanol–water partition coefficient (Wildman–Crippen LogP) is 4.11. The summed E-state index contributed by atoms with van der Waals surface area (Å²) in [6.07, 6.45) is 5.68. The Kier molecular flexibility index (Phi) is 10.3. The molecule has 0 saturated heterocycles. The molecular weight excluding hydrogens is 342 g/mol. The van der Waals surface area contributed by atoms with Crippen molar-refractivity contribution in [3.05, 3.63) is 41.6 Å². The Morgan fingerprint density at radius 1 is 1.15 bits per heavy atom. The van der Waals surface area contributed by atoms with Gasteiger partial charge in [0.1, 0.15) is 11.6 Å². The van der Waals surface area contributed by atoms with Crippen LogP contribution < -0.4 is 5.32 Å². The van der Waals surface area contributed by atoms with Crippen molar-refractivity contribution in [1.29, 1.82) is 5.26 Å². The first-order chi connectivity index (χ1) is 13.1. The van der Waals surface area contributed by atoms with E-state index in [1.54, 1.807) is 37.4 Å². The number of ether oxygens (including phenoxy) is 1. The molecule has 6 nitrogen and oxygen atoms in total. The highest BCUT2D eigenvalue weighted by Crippen LogP contribution is 2.17. The lowest BCUT2D eigenvalue weighted by molar-refractivity contribution is -0.112. The number of carbonyl (C=O) groups is 2. The van der Waals surface area contributed by atoms with Crippen LogP contribution in [-0.4, -0.2) is 36.5 Å². The molecule has 1 amide bonds. The molecule has 1 aromatic carbocycles. The third-order valence-corrected chi connectivity index (χ3v) is 3.95. The van der Waals surface area contributed by atoms with E-state index in [1.807, 2.05) is 11.0 Å². The van der Waals surface area contributed by atoms with Gasteiger partial charge in [0, 0.05) is 19.3 Å². The summed E-state index contributed by atoms with van der Waals surface area (Å²) in [7, 11) is 0. The van der Waals surface area contributed by atoms with Gasteiger partial charge in [-0.25, -0.2) is 4.79 Å². The highest BCUT2D eigenvalue weighted by atomic mass is 16.5. The third kappa shape index (κ3) is 7.53. The third-order valence-electron chi connectivity index (χ3n) is 3.95. The molecule has 0 atom stereocenters. The Labute approximate surface area is 161 Å².